The molecular weight excluding hydrogens is 227 g/mol. The van der Waals surface area contributed by atoms with Crippen molar-refractivity contribution in [2.24, 2.45) is 5.73 Å². The summed E-state index contributed by atoms with van der Waals surface area (Å²) in [5.74, 6) is 0. The normalized spacial score (nSPS) is 11.0. The highest BCUT2D eigenvalue weighted by molar-refractivity contribution is 5.85. The summed E-state index contributed by atoms with van der Waals surface area (Å²) in [6.45, 7) is 1.84. The van der Waals surface area contributed by atoms with Crippen molar-refractivity contribution in [2.45, 2.75) is 19.5 Å². The van der Waals surface area contributed by atoms with Crippen molar-refractivity contribution in [1.82, 2.24) is 0 Å². The lowest BCUT2D eigenvalue weighted by atomic mass is 10.00. The zero-order valence-electron chi connectivity index (χ0n) is 8.27. The molecule has 0 fully saturated rings. The van der Waals surface area contributed by atoms with Crippen LogP contribution >= 0.6 is 12.4 Å². The van der Waals surface area contributed by atoms with E-state index in [1.807, 2.05) is 0 Å². The monoisotopic (exact) mass is 239 g/mol. The van der Waals surface area contributed by atoms with E-state index in [4.69, 9.17) is 5.73 Å². The Kier molecular flexibility index (Phi) is 5.11. The highest BCUT2D eigenvalue weighted by atomic mass is 35.5. The van der Waals surface area contributed by atoms with Gasteiger partial charge in [0.15, 0.2) is 0 Å². The van der Waals surface area contributed by atoms with E-state index in [9.17, 15) is 13.2 Å². The molecule has 1 aromatic carbocycles. The Morgan fingerprint density at radius 2 is 1.87 bits per heavy atom. The van der Waals surface area contributed by atoms with Crippen LogP contribution in [0.5, 0.6) is 0 Å². The smallest absolute Gasteiger partial charge is 0.330 e. The molecule has 0 aromatic heterocycles. The summed E-state index contributed by atoms with van der Waals surface area (Å²) in [4.78, 5) is 0. The molecule has 1 rings (SSSR count). The Labute approximate surface area is 92.9 Å². The summed E-state index contributed by atoms with van der Waals surface area (Å²) in [6, 6.07) is 4.19. The summed E-state index contributed by atoms with van der Waals surface area (Å²) >= 11 is 0. The quantitative estimate of drug-likeness (QED) is 0.844. The maximum absolute atomic E-state index is 12.4. The first-order valence-corrected chi connectivity index (χ1v) is 4.32. The summed E-state index contributed by atoms with van der Waals surface area (Å²) in [5, 5.41) is 0. The number of nitrogens with two attached hydrogens (primary N) is 1. The number of rotatable bonds is 2. The van der Waals surface area contributed by atoms with E-state index in [2.05, 4.69) is 0 Å². The van der Waals surface area contributed by atoms with Crippen LogP contribution in [0.4, 0.5) is 13.2 Å². The molecule has 15 heavy (non-hydrogen) atoms. The Bertz CT molecular complexity index is 323. The van der Waals surface area contributed by atoms with Crippen molar-refractivity contribution in [3.8, 4) is 0 Å². The van der Waals surface area contributed by atoms with Gasteiger partial charge in [-0.2, -0.15) is 13.2 Å². The lowest BCUT2D eigenvalue weighted by molar-refractivity contribution is -0.138. The highest BCUT2D eigenvalue weighted by Crippen LogP contribution is 2.32. The van der Waals surface area contributed by atoms with Gasteiger partial charge in [0.25, 0.3) is 0 Å². The van der Waals surface area contributed by atoms with Gasteiger partial charge in [0, 0.05) is 0 Å². The van der Waals surface area contributed by atoms with Crippen LogP contribution in [0.3, 0.4) is 0 Å². The molecule has 0 bridgehead atoms. The van der Waals surface area contributed by atoms with Gasteiger partial charge in [0.1, 0.15) is 0 Å². The number of benzene rings is 1. The van der Waals surface area contributed by atoms with Crippen molar-refractivity contribution in [2.75, 3.05) is 6.54 Å². The van der Waals surface area contributed by atoms with Gasteiger partial charge >= 0.3 is 6.18 Å². The molecule has 5 heteroatoms. The van der Waals surface area contributed by atoms with E-state index in [0.717, 1.165) is 6.07 Å². The van der Waals surface area contributed by atoms with Crippen LogP contribution in [0.1, 0.15) is 16.7 Å². The van der Waals surface area contributed by atoms with Crippen LogP contribution in [-0.4, -0.2) is 6.54 Å². The van der Waals surface area contributed by atoms with Crippen LogP contribution in [-0.2, 0) is 12.6 Å². The third-order valence-corrected chi connectivity index (χ3v) is 2.17. The number of hydrogen-bond donors (Lipinski definition) is 1. The van der Waals surface area contributed by atoms with Gasteiger partial charge in [-0.15, -0.1) is 12.4 Å². The first-order chi connectivity index (χ1) is 6.46. The molecule has 0 unspecified atom stereocenters. The lowest BCUT2D eigenvalue weighted by Gasteiger charge is -2.13. The first-order valence-electron chi connectivity index (χ1n) is 4.32. The summed E-state index contributed by atoms with van der Waals surface area (Å²) < 4.78 is 37.3. The molecule has 0 amide bonds. The SMILES string of the molecule is Cc1c(CCN)cccc1C(F)(F)F.Cl. The summed E-state index contributed by atoms with van der Waals surface area (Å²) in [7, 11) is 0. The van der Waals surface area contributed by atoms with Crippen molar-refractivity contribution in [3.63, 3.8) is 0 Å². The fourth-order valence-corrected chi connectivity index (χ4v) is 1.42. The van der Waals surface area contributed by atoms with Gasteiger partial charge in [-0.25, -0.2) is 0 Å². The van der Waals surface area contributed by atoms with Crippen molar-refractivity contribution >= 4 is 12.4 Å². The maximum atomic E-state index is 12.4. The van der Waals surface area contributed by atoms with E-state index in [0.29, 0.717) is 18.5 Å². The molecule has 0 heterocycles. The first kappa shape index (κ1) is 14.3. The average molecular weight is 240 g/mol. The fourth-order valence-electron chi connectivity index (χ4n) is 1.42. The van der Waals surface area contributed by atoms with Gasteiger partial charge in [0.05, 0.1) is 5.56 Å². The number of halogens is 4. The molecule has 0 radical (unpaired) electrons. The lowest BCUT2D eigenvalue weighted by Crippen LogP contribution is -2.11. The third-order valence-electron chi connectivity index (χ3n) is 2.17. The van der Waals surface area contributed by atoms with E-state index in [1.54, 1.807) is 6.07 Å². The minimum Gasteiger partial charge on any atom is -0.330 e. The standard InChI is InChI=1S/C10H12F3N.ClH/c1-7-8(5-6-14)3-2-4-9(7)10(11,12)13;/h2-4H,5-6,14H2,1H3;1H. The van der Waals surface area contributed by atoms with Gasteiger partial charge in [-0.3, -0.25) is 0 Å². The van der Waals surface area contributed by atoms with Crippen LogP contribution in [0.15, 0.2) is 18.2 Å². The predicted octanol–water partition coefficient (Wildman–Crippen LogP) is 2.94. The van der Waals surface area contributed by atoms with Gasteiger partial charge in [0.2, 0.25) is 0 Å². The minimum absolute atomic E-state index is 0. The molecule has 1 aromatic rings. The van der Waals surface area contributed by atoms with E-state index in [1.165, 1.54) is 13.0 Å². The average Bonchev–Trinajstić information content (AvgIpc) is 2.07. The van der Waals surface area contributed by atoms with Gasteiger partial charge in [-0.05, 0) is 37.1 Å². The molecular formula is C10H13ClF3N. The summed E-state index contributed by atoms with van der Waals surface area (Å²) in [5.41, 5.74) is 5.69. The molecule has 0 spiro atoms. The van der Waals surface area contributed by atoms with Crippen molar-refractivity contribution in [1.29, 1.82) is 0 Å². The van der Waals surface area contributed by atoms with E-state index >= 15 is 0 Å². The molecule has 0 atom stereocenters. The van der Waals surface area contributed by atoms with Crippen LogP contribution in [0, 0.1) is 6.92 Å². The fraction of sp³-hybridized carbons (Fsp3) is 0.400. The van der Waals surface area contributed by atoms with Crippen molar-refractivity contribution < 1.29 is 13.2 Å². The van der Waals surface area contributed by atoms with Gasteiger partial charge in [-0.1, -0.05) is 12.1 Å². The molecule has 0 aliphatic heterocycles. The Morgan fingerprint density at radius 3 is 2.33 bits per heavy atom. The van der Waals surface area contributed by atoms with Crippen LogP contribution in [0.25, 0.3) is 0 Å². The Balaban J connectivity index is 0.00000196. The number of alkyl halides is 3. The minimum atomic E-state index is -4.27. The second kappa shape index (κ2) is 5.37. The molecule has 0 aliphatic rings. The zero-order chi connectivity index (χ0) is 10.8. The second-order valence-electron chi connectivity index (χ2n) is 3.13. The van der Waals surface area contributed by atoms with Crippen molar-refractivity contribution in [3.05, 3.63) is 34.9 Å². The second-order valence-corrected chi connectivity index (χ2v) is 3.13. The molecule has 0 aliphatic carbocycles. The summed E-state index contributed by atoms with van der Waals surface area (Å²) in [6.07, 6.45) is -3.79. The number of hydrogen-bond acceptors (Lipinski definition) is 1. The van der Waals surface area contributed by atoms with Gasteiger partial charge < -0.3 is 5.73 Å². The maximum Gasteiger partial charge on any atom is 0.416 e. The highest BCUT2D eigenvalue weighted by Gasteiger charge is 2.32. The Morgan fingerprint density at radius 1 is 1.27 bits per heavy atom. The molecule has 2 N–H and O–H groups in total. The predicted molar refractivity (Wildman–Crippen MR) is 56.2 cm³/mol. The topological polar surface area (TPSA) is 26.0 Å². The molecule has 86 valence electrons. The zero-order valence-corrected chi connectivity index (χ0v) is 9.08. The van der Waals surface area contributed by atoms with E-state index in [-0.39, 0.29) is 18.0 Å². The third kappa shape index (κ3) is 3.39. The van der Waals surface area contributed by atoms with Crippen LogP contribution in [0.2, 0.25) is 0 Å². The molecule has 0 saturated heterocycles. The molecule has 1 nitrogen and oxygen atoms in total. The Hall–Kier alpha value is -0.740. The molecule has 0 saturated carbocycles. The van der Waals surface area contributed by atoms with E-state index < -0.39 is 11.7 Å². The largest absolute Gasteiger partial charge is 0.416 e. The van der Waals surface area contributed by atoms with Crippen LogP contribution < -0.4 is 5.73 Å².